The number of hydrogen-bond donors (Lipinski definition) is 2. The SMILES string of the molecule is CC(C)(C)c1cc(NC(=O)Nc2ccc(-c3ccc(CN4CCOCC4)nc3)c3ccccc23)n(CCC#N)n1. The lowest BCUT2D eigenvalue weighted by atomic mass is 9.92. The van der Waals surface area contributed by atoms with Crippen molar-refractivity contribution in [2.45, 2.75) is 45.7 Å². The number of carbonyl (C=O) groups is 1. The number of anilines is 2. The number of hydrogen-bond acceptors (Lipinski definition) is 6. The quantitative estimate of drug-likeness (QED) is 0.309. The molecule has 2 amide bonds. The van der Waals surface area contributed by atoms with Crippen LogP contribution in [0.4, 0.5) is 16.3 Å². The lowest BCUT2D eigenvalue weighted by Crippen LogP contribution is -2.35. The third-order valence-corrected chi connectivity index (χ3v) is 7.02. The first-order chi connectivity index (χ1) is 19.3. The Balaban J connectivity index is 1.35. The van der Waals surface area contributed by atoms with E-state index in [1.807, 2.05) is 42.6 Å². The van der Waals surface area contributed by atoms with Crippen LogP contribution in [0, 0.1) is 11.3 Å². The summed E-state index contributed by atoms with van der Waals surface area (Å²) in [5.41, 5.74) is 4.47. The molecule has 0 unspecified atom stereocenters. The van der Waals surface area contributed by atoms with Crippen LogP contribution in [0.5, 0.6) is 0 Å². The molecule has 0 spiro atoms. The minimum atomic E-state index is -0.370. The number of aryl methyl sites for hydroxylation is 1. The molecule has 2 N–H and O–H groups in total. The van der Waals surface area contributed by atoms with E-state index in [1.54, 1.807) is 4.68 Å². The molecule has 9 heteroatoms. The summed E-state index contributed by atoms with van der Waals surface area (Å²) in [5.74, 6) is 0.557. The van der Waals surface area contributed by atoms with Gasteiger partial charge >= 0.3 is 6.03 Å². The van der Waals surface area contributed by atoms with Crippen LogP contribution in [0.25, 0.3) is 21.9 Å². The maximum absolute atomic E-state index is 13.1. The summed E-state index contributed by atoms with van der Waals surface area (Å²) in [5, 5.41) is 21.6. The van der Waals surface area contributed by atoms with Gasteiger partial charge in [0.1, 0.15) is 5.82 Å². The Morgan fingerprint density at radius 2 is 1.82 bits per heavy atom. The Labute approximate surface area is 234 Å². The molecule has 5 rings (SSSR count). The van der Waals surface area contributed by atoms with E-state index in [2.05, 4.69) is 65.7 Å². The van der Waals surface area contributed by atoms with Crippen molar-refractivity contribution < 1.29 is 9.53 Å². The van der Waals surface area contributed by atoms with Crippen LogP contribution in [0.2, 0.25) is 0 Å². The average molecular weight is 538 g/mol. The van der Waals surface area contributed by atoms with Gasteiger partial charge < -0.3 is 10.1 Å². The standard InChI is InChI=1S/C31H35N7O2/c1-31(2,3)28-19-29(38(36-28)14-6-13-32)35-30(39)34-27-12-11-24(25-7-4-5-8-26(25)27)22-9-10-23(33-20-22)21-37-15-17-40-18-16-37/h4-5,7-12,19-20H,6,14-18,21H2,1-3H3,(H2,34,35,39). The zero-order chi connectivity index (χ0) is 28.1. The van der Waals surface area contributed by atoms with Crippen LogP contribution in [-0.4, -0.2) is 52.0 Å². The van der Waals surface area contributed by atoms with Crippen LogP contribution in [0.15, 0.2) is 60.8 Å². The minimum absolute atomic E-state index is 0.188. The summed E-state index contributed by atoms with van der Waals surface area (Å²) < 4.78 is 7.13. The van der Waals surface area contributed by atoms with Crippen LogP contribution < -0.4 is 10.6 Å². The van der Waals surface area contributed by atoms with Crippen molar-refractivity contribution >= 4 is 28.3 Å². The number of amides is 2. The van der Waals surface area contributed by atoms with Gasteiger partial charge in [-0.25, -0.2) is 9.48 Å². The molecule has 0 atom stereocenters. The highest BCUT2D eigenvalue weighted by Crippen LogP contribution is 2.33. The van der Waals surface area contributed by atoms with Gasteiger partial charge in [-0.3, -0.25) is 15.2 Å². The Kier molecular flexibility index (Phi) is 8.10. The van der Waals surface area contributed by atoms with Crippen molar-refractivity contribution in [3.63, 3.8) is 0 Å². The molecule has 1 saturated heterocycles. The zero-order valence-electron chi connectivity index (χ0n) is 23.3. The molecule has 9 nitrogen and oxygen atoms in total. The Bertz CT molecular complexity index is 1520. The lowest BCUT2D eigenvalue weighted by molar-refractivity contribution is 0.0336. The maximum atomic E-state index is 13.1. The Morgan fingerprint density at radius 3 is 2.52 bits per heavy atom. The molecular formula is C31H35N7O2. The van der Waals surface area contributed by atoms with Crippen LogP contribution in [0.1, 0.15) is 38.6 Å². The van der Waals surface area contributed by atoms with E-state index < -0.39 is 0 Å². The maximum Gasteiger partial charge on any atom is 0.324 e. The molecule has 4 aromatic rings. The summed E-state index contributed by atoms with van der Waals surface area (Å²) in [4.78, 5) is 20.2. The fraction of sp³-hybridized carbons (Fsp3) is 0.355. The van der Waals surface area contributed by atoms with Crippen LogP contribution >= 0.6 is 0 Å². The van der Waals surface area contributed by atoms with Gasteiger partial charge in [0.15, 0.2) is 0 Å². The molecule has 1 fully saturated rings. The smallest absolute Gasteiger partial charge is 0.324 e. The fourth-order valence-corrected chi connectivity index (χ4v) is 4.81. The number of ether oxygens (including phenoxy) is 1. The molecular weight excluding hydrogens is 502 g/mol. The van der Waals surface area contributed by atoms with Gasteiger partial charge in [0.25, 0.3) is 0 Å². The second-order valence-corrected chi connectivity index (χ2v) is 11.0. The zero-order valence-corrected chi connectivity index (χ0v) is 23.3. The van der Waals surface area contributed by atoms with Gasteiger partial charge in [-0.05, 0) is 23.1 Å². The topological polar surface area (TPSA) is 108 Å². The first kappa shape index (κ1) is 27.3. The van der Waals surface area contributed by atoms with Crippen molar-refractivity contribution in [3.05, 3.63) is 72.2 Å². The number of pyridine rings is 1. The van der Waals surface area contributed by atoms with E-state index in [9.17, 15) is 4.79 Å². The number of rotatable bonds is 7. The van der Waals surface area contributed by atoms with Crippen molar-refractivity contribution in [3.8, 4) is 17.2 Å². The van der Waals surface area contributed by atoms with Gasteiger partial charge in [-0.1, -0.05) is 57.2 Å². The highest BCUT2D eigenvalue weighted by atomic mass is 16.5. The normalized spacial score (nSPS) is 14.2. The van der Waals surface area contributed by atoms with Crippen molar-refractivity contribution in [2.24, 2.45) is 0 Å². The van der Waals surface area contributed by atoms with Gasteiger partial charge in [-0.15, -0.1) is 0 Å². The van der Waals surface area contributed by atoms with E-state index >= 15 is 0 Å². The third-order valence-electron chi connectivity index (χ3n) is 7.02. The summed E-state index contributed by atoms with van der Waals surface area (Å²) in [6.07, 6.45) is 2.23. The minimum Gasteiger partial charge on any atom is -0.379 e. The number of nitrogens with one attached hydrogen (secondary N) is 2. The molecule has 1 aliphatic heterocycles. The lowest BCUT2D eigenvalue weighted by Gasteiger charge is -2.26. The van der Waals surface area contributed by atoms with Gasteiger partial charge in [0.2, 0.25) is 0 Å². The molecule has 0 saturated carbocycles. The Morgan fingerprint density at radius 1 is 1.05 bits per heavy atom. The van der Waals surface area contributed by atoms with Crippen LogP contribution in [-0.2, 0) is 23.2 Å². The third kappa shape index (κ3) is 6.30. The average Bonchev–Trinajstić information content (AvgIpc) is 3.36. The molecule has 0 aliphatic carbocycles. The van der Waals surface area contributed by atoms with Gasteiger partial charge in [0.05, 0.1) is 49.3 Å². The summed E-state index contributed by atoms with van der Waals surface area (Å²) in [6, 6.07) is 19.8. The number of morpholine rings is 1. The van der Waals surface area contributed by atoms with Crippen molar-refractivity contribution in [1.29, 1.82) is 5.26 Å². The highest BCUT2D eigenvalue weighted by Gasteiger charge is 2.21. The molecule has 1 aliphatic rings. The monoisotopic (exact) mass is 537 g/mol. The molecule has 206 valence electrons. The van der Waals surface area contributed by atoms with Crippen molar-refractivity contribution in [1.82, 2.24) is 19.7 Å². The van der Waals surface area contributed by atoms with E-state index in [0.29, 0.717) is 24.5 Å². The largest absolute Gasteiger partial charge is 0.379 e. The molecule has 3 heterocycles. The van der Waals surface area contributed by atoms with E-state index in [4.69, 9.17) is 15.0 Å². The van der Waals surface area contributed by atoms with Gasteiger partial charge in [-0.2, -0.15) is 10.4 Å². The molecule has 0 bridgehead atoms. The molecule has 40 heavy (non-hydrogen) atoms. The Hall–Kier alpha value is -4.26. The number of nitrogens with zero attached hydrogens (tertiary/aromatic N) is 5. The number of nitriles is 1. The number of fused-ring (bicyclic) bond motifs is 1. The first-order valence-corrected chi connectivity index (χ1v) is 13.6. The van der Waals surface area contributed by atoms with Crippen LogP contribution in [0.3, 0.4) is 0 Å². The number of carbonyl (C=O) groups excluding carboxylic acids is 1. The number of urea groups is 1. The van der Waals surface area contributed by atoms with Gasteiger partial charge in [0, 0.05) is 48.3 Å². The van der Waals surface area contributed by atoms with Crippen molar-refractivity contribution in [2.75, 3.05) is 36.9 Å². The predicted molar refractivity (Wildman–Crippen MR) is 157 cm³/mol. The van der Waals surface area contributed by atoms with E-state index in [0.717, 1.165) is 66.1 Å². The van der Waals surface area contributed by atoms with E-state index in [-0.39, 0.29) is 11.4 Å². The second-order valence-electron chi connectivity index (χ2n) is 11.0. The second kappa shape index (κ2) is 11.9. The molecule has 0 radical (unpaired) electrons. The fourth-order valence-electron chi connectivity index (χ4n) is 4.81. The number of aromatic nitrogens is 3. The predicted octanol–water partition coefficient (Wildman–Crippen LogP) is 5.79. The summed E-state index contributed by atoms with van der Waals surface area (Å²) in [6.45, 7) is 10.8. The summed E-state index contributed by atoms with van der Waals surface area (Å²) in [7, 11) is 0. The number of benzene rings is 2. The first-order valence-electron chi connectivity index (χ1n) is 13.6. The highest BCUT2D eigenvalue weighted by molar-refractivity contribution is 6.09. The summed E-state index contributed by atoms with van der Waals surface area (Å²) >= 11 is 0. The molecule has 2 aromatic carbocycles. The molecule has 2 aromatic heterocycles. The van der Waals surface area contributed by atoms with E-state index in [1.165, 1.54) is 0 Å².